The first-order valence-electron chi connectivity index (χ1n) is 6.22. The van der Waals surface area contributed by atoms with E-state index in [1.807, 2.05) is 11.6 Å². The molecule has 3 nitrogen and oxygen atoms in total. The van der Waals surface area contributed by atoms with Gasteiger partial charge in [-0.25, -0.2) is 4.98 Å². The van der Waals surface area contributed by atoms with Crippen molar-refractivity contribution in [2.24, 2.45) is 0 Å². The van der Waals surface area contributed by atoms with E-state index >= 15 is 0 Å². The maximum absolute atomic E-state index is 4.33. The summed E-state index contributed by atoms with van der Waals surface area (Å²) in [5.41, 5.74) is 0. The lowest BCUT2D eigenvalue weighted by molar-refractivity contribution is 0.442. The van der Waals surface area contributed by atoms with Crippen molar-refractivity contribution in [3.05, 3.63) is 16.6 Å². The van der Waals surface area contributed by atoms with Crippen LogP contribution in [0.5, 0.6) is 0 Å². The lowest BCUT2D eigenvalue weighted by Crippen LogP contribution is -2.38. The van der Waals surface area contributed by atoms with Crippen molar-refractivity contribution in [2.45, 2.75) is 44.7 Å². The van der Waals surface area contributed by atoms with Gasteiger partial charge in [-0.2, -0.15) is 0 Å². The Morgan fingerprint density at radius 2 is 2.50 bits per heavy atom. The zero-order valence-corrected chi connectivity index (χ0v) is 10.7. The van der Waals surface area contributed by atoms with Crippen LogP contribution in [0.2, 0.25) is 0 Å². The Hall–Kier alpha value is -0.450. The monoisotopic (exact) mass is 239 g/mol. The molecule has 1 aromatic rings. The largest absolute Gasteiger partial charge is 0.313 e. The van der Waals surface area contributed by atoms with Gasteiger partial charge in [0.2, 0.25) is 0 Å². The maximum atomic E-state index is 4.33. The fourth-order valence-electron chi connectivity index (χ4n) is 2.13. The first-order chi connectivity index (χ1) is 7.86. The molecule has 2 rings (SSSR count). The summed E-state index contributed by atoms with van der Waals surface area (Å²) in [5.74, 6) is 0. The van der Waals surface area contributed by atoms with E-state index in [4.69, 9.17) is 0 Å². The van der Waals surface area contributed by atoms with E-state index in [-0.39, 0.29) is 0 Å². The highest BCUT2D eigenvalue weighted by atomic mass is 32.1. The molecule has 0 amide bonds. The second kappa shape index (κ2) is 6.33. The molecule has 16 heavy (non-hydrogen) atoms. The van der Waals surface area contributed by atoms with Crippen LogP contribution < -0.4 is 10.6 Å². The summed E-state index contributed by atoms with van der Waals surface area (Å²) >= 11 is 1.73. The number of rotatable bonds is 4. The zero-order valence-electron chi connectivity index (χ0n) is 9.91. The van der Waals surface area contributed by atoms with Gasteiger partial charge in [-0.1, -0.05) is 12.8 Å². The fraction of sp³-hybridized carbons (Fsp3) is 0.750. The standard InChI is InChI=1S/C12H21N3S/c1-10(12-14-7-8-16-12)15-9-11-5-3-2-4-6-13-11/h7-8,10-11,13,15H,2-6,9H2,1H3. The van der Waals surface area contributed by atoms with Gasteiger partial charge in [-0.3, -0.25) is 0 Å². The van der Waals surface area contributed by atoms with Crippen molar-refractivity contribution in [3.63, 3.8) is 0 Å². The summed E-state index contributed by atoms with van der Waals surface area (Å²) < 4.78 is 0. The van der Waals surface area contributed by atoms with Crippen molar-refractivity contribution in [2.75, 3.05) is 13.1 Å². The highest BCUT2D eigenvalue weighted by Gasteiger charge is 2.13. The van der Waals surface area contributed by atoms with Crippen molar-refractivity contribution < 1.29 is 0 Å². The average molecular weight is 239 g/mol. The molecule has 0 bridgehead atoms. The Morgan fingerprint density at radius 1 is 1.56 bits per heavy atom. The van der Waals surface area contributed by atoms with Gasteiger partial charge in [0.05, 0.1) is 6.04 Å². The summed E-state index contributed by atoms with van der Waals surface area (Å²) in [5, 5.41) is 10.4. The van der Waals surface area contributed by atoms with Crippen molar-refractivity contribution in [1.82, 2.24) is 15.6 Å². The lowest BCUT2D eigenvalue weighted by atomic mass is 10.1. The molecule has 1 aliphatic rings. The topological polar surface area (TPSA) is 37.0 Å². The smallest absolute Gasteiger partial charge is 0.109 e. The van der Waals surface area contributed by atoms with E-state index < -0.39 is 0 Å². The minimum absolute atomic E-state index is 0.380. The number of nitrogens with zero attached hydrogens (tertiary/aromatic N) is 1. The third kappa shape index (κ3) is 3.54. The predicted octanol–water partition coefficient (Wildman–Crippen LogP) is 2.33. The second-order valence-corrected chi connectivity index (χ2v) is 5.43. The van der Waals surface area contributed by atoms with Crippen LogP contribution in [-0.2, 0) is 0 Å². The van der Waals surface area contributed by atoms with E-state index in [2.05, 4.69) is 22.5 Å². The Labute approximate surface area is 102 Å². The maximum Gasteiger partial charge on any atom is 0.109 e. The number of thiazole rings is 1. The molecule has 1 aromatic heterocycles. The Morgan fingerprint density at radius 3 is 3.31 bits per heavy atom. The Bertz CT molecular complexity index is 278. The highest BCUT2D eigenvalue weighted by Crippen LogP contribution is 2.15. The van der Waals surface area contributed by atoms with Gasteiger partial charge in [0.25, 0.3) is 0 Å². The van der Waals surface area contributed by atoms with Gasteiger partial charge in [-0.05, 0) is 26.3 Å². The number of nitrogens with one attached hydrogen (secondary N) is 2. The van der Waals surface area contributed by atoms with Gasteiger partial charge in [-0.15, -0.1) is 11.3 Å². The van der Waals surface area contributed by atoms with E-state index in [9.17, 15) is 0 Å². The Kier molecular flexibility index (Phi) is 4.75. The third-order valence-corrected chi connectivity index (χ3v) is 4.11. The number of hydrogen-bond donors (Lipinski definition) is 2. The molecule has 1 aliphatic heterocycles. The van der Waals surface area contributed by atoms with Crippen LogP contribution in [0, 0.1) is 0 Å². The molecule has 0 spiro atoms. The minimum Gasteiger partial charge on any atom is -0.313 e. The van der Waals surface area contributed by atoms with Gasteiger partial charge in [0, 0.05) is 24.2 Å². The molecule has 90 valence electrons. The molecule has 1 saturated heterocycles. The fourth-order valence-corrected chi connectivity index (χ4v) is 2.80. The minimum atomic E-state index is 0.380. The molecular weight excluding hydrogens is 218 g/mol. The van der Waals surface area contributed by atoms with Gasteiger partial charge >= 0.3 is 0 Å². The van der Waals surface area contributed by atoms with Crippen LogP contribution in [0.1, 0.15) is 43.7 Å². The van der Waals surface area contributed by atoms with Gasteiger partial charge in [0.1, 0.15) is 5.01 Å². The van der Waals surface area contributed by atoms with Crippen LogP contribution in [0.25, 0.3) is 0 Å². The number of hydrogen-bond acceptors (Lipinski definition) is 4. The normalized spacial score (nSPS) is 23.9. The predicted molar refractivity (Wildman–Crippen MR) is 68.8 cm³/mol. The van der Waals surface area contributed by atoms with E-state index in [0.29, 0.717) is 12.1 Å². The van der Waals surface area contributed by atoms with Crippen molar-refractivity contribution in [3.8, 4) is 0 Å². The van der Waals surface area contributed by atoms with Crippen LogP contribution in [-0.4, -0.2) is 24.1 Å². The van der Waals surface area contributed by atoms with E-state index in [1.54, 1.807) is 11.3 Å². The van der Waals surface area contributed by atoms with E-state index in [0.717, 1.165) is 6.54 Å². The van der Waals surface area contributed by atoms with Crippen LogP contribution in [0.3, 0.4) is 0 Å². The molecule has 2 unspecified atom stereocenters. The summed E-state index contributed by atoms with van der Waals surface area (Å²) in [4.78, 5) is 4.33. The van der Waals surface area contributed by atoms with Crippen molar-refractivity contribution >= 4 is 11.3 Å². The SMILES string of the molecule is CC(NCC1CCCCCN1)c1nccs1. The number of aromatic nitrogens is 1. The molecule has 2 N–H and O–H groups in total. The van der Waals surface area contributed by atoms with Crippen molar-refractivity contribution in [1.29, 1.82) is 0 Å². The summed E-state index contributed by atoms with van der Waals surface area (Å²) in [7, 11) is 0. The molecule has 1 fully saturated rings. The molecule has 0 radical (unpaired) electrons. The van der Waals surface area contributed by atoms with Crippen LogP contribution in [0.15, 0.2) is 11.6 Å². The molecule has 0 aliphatic carbocycles. The molecule has 2 heterocycles. The lowest BCUT2D eigenvalue weighted by Gasteiger charge is -2.19. The molecule has 4 heteroatoms. The highest BCUT2D eigenvalue weighted by molar-refractivity contribution is 7.09. The summed E-state index contributed by atoms with van der Waals surface area (Å²) in [6.07, 6.45) is 7.26. The van der Waals surface area contributed by atoms with Gasteiger partial charge in [0.15, 0.2) is 0 Å². The third-order valence-electron chi connectivity index (χ3n) is 3.15. The van der Waals surface area contributed by atoms with E-state index in [1.165, 1.54) is 37.2 Å². The second-order valence-electron chi connectivity index (χ2n) is 4.50. The average Bonchev–Trinajstić information content (AvgIpc) is 2.71. The zero-order chi connectivity index (χ0) is 11.2. The first-order valence-corrected chi connectivity index (χ1v) is 7.10. The molecular formula is C12H21N3S. The Balaban J connectivity index is 1.73. The van der Waals surface area contributed by atoms with Gasteiger partial charge < -0.3 is 10.6 Å². The molecule has 0 saturated carbocycles. The molecule has 2 atom stereocenters. The quantitative estimate of drug-likeness (QED) is 0.846. The first kappa shape index (κ1) is 12.0. The summed E-state index contributed by atoms with van der Waals surface area (Å²) in [6, 6.07) is 1.02. The summed E-state index contributed by atoms with van der Waals surface area (Å²) in [6.45, 7) is 4.42. The van der Waals surface area contributed by atoms with Crippen LogP contribution >= 0.6 is 11.3 Å². The molecule has 0 aromatic carbocycles. The van der Waals surface area contributed by atoms with Crippen LogP contribution in [0.4, 0.5) is 0 Å².